The normalized spacial score (nSPS) is 11.6. The monoisotopic (exact) mass is 484 g/mol. The Morgan fingerprint density at radius 1 is 1.03 bits per heavy atom. The molecule has 174 valence electrons. The maximum atomic E-state index is 15.9. The van der Waals surface area contributed by atoms with Crippen molar-refractivity contribution < 1.29 is 4.39 Å². The third-order valence-electron chi connectivity index (χ3n) is 5.82. The Morgan fingerprint density at radius 2 is 1.91 bits per heavy atom. The fourth-order valence-corrected chi connectivity index (χ4v) is 5.01. The maximum Gasteiger partial charge on any atom is 0.161 e. The third-order valence-corrected chi connectivity index (χ3v) is 6.85. The first kappa shape index (κ1) is 21.5. The molecule has 0 atom stereocenters. The number of aryl methyl sites for hydroxylation is 1. The number of hydrogen-bond acceptors (Lipinski definition) is 7. The summed E-state index contributed by atoms with van der Waals surface area (Å²) in [6.07, 6.45) is 8.49. The molecule has 0 aliphatic carbocycles. The first-order chi connectivity index (χ1) is 17.1. The second kappa shape index (κ2) is 8.64. The lowest BCUT2D eigenvalue weighted by Crippen LogP contribution is -2.11. The lowest BCUT2D eigenvalue weighted by Gasteiger charge is -2.07. The summed E-state index contributed by atoms with van der Waals surface area (Å²) >= 11 is 1.68. The summed E-state index contributed by atoms with van der Waals surface area (Å²) < 4.78 is 15.9. The van der Waals surface area contributed by atoms with Gasteiger partial charge in [-0.05, 0) is 37.2 Å². The fourth-order valence-electron chi connectivity index (χ4n) is 4.14. The Labute approximate surface area is 203 Å². The Kier molecular flexibility index (Phi) is 5.31. The van der Waals surface area contributed by atoms with Crippen LogP contribution in [0, 0.1) is 12.7 Å². The van der Waals surface area contributed by atoms with Crippen LogP contribution in [0.2, 0.25) is 0 Å². The first-order valence-corrected chi connectivity index (χ1v) is 12.0. The molecule has 3 N–H and O–H groups in total. The van der Waals surface area contributed by atoms with Gasteiger partial charge in [-0.2, -0.15) is 5.10 Å². The largest absolute Gasteiger partial charge is 0.335 e. The van der Waals surface area contributed by atoms with Gasteiger partial charge in [0.25, 0.3) is 0 Å². The molecule has 0 radical (unpaired) electrons. The predicted molar refractivity (Wildman–Crippen MR) is 135 cm³/mol. The highest BCUT2D eigenvalue weighted by molar-refractivity contribution is 7.15. The first-order valence-electron chi connectivity index (χ1n) is 11.2. The molecule has 35 heavy (non-hydrogen) atoms. The van der Waals surface area contributed by atoms with Gasteiger partial charge in [0.1, 0.15) is 16.9 Å². The average Bonchev–Trinajstić information content (AvgIpc) is 3.60. The lowest BCUT2D eigenvalue weighted by molar-refractivity contribution is 0.638. The van der Waals surface area contributed by atoms with Gasteiger partial charge in [0.2, 0.25) is 0 Å². The van der Waals surface area contributed by atoms with Crippen LogP contribution in [0.5, 0.6) is 0 Å². The summed E-state index contributed by atoms with van der Waals surface area (Å²) in [4.78, 5) is 23.4. The van der Waals surface area contributed by atoms with Crippen molar-refractivity contribution in [1.29, 1.82) is 0 Å². The van der Waals surface area contributed by atoms with Crippen molar-refractivity contribution in [3.8, 4) is 33.2 Å². The molecule has 6 rings (SSSR count). The van der Waals surface area contributed by atoms with Gasteiger partial charge in [-0.15, -0.1) is 11.3 Å². The number of nitrogens with zero attached hydrogens (tertiary/aromatic N) is 5. The van der Waals surface area contributed by atoms with Gasteiger partial charge in [-0.25, -0.2) is 9.37 Å². The molecule has 0 saturated carbocycles. The van der Waals surface area contributed by atoms with E-state index in [0.29, 0.717) is 34.5 Å². The minimum absolute atomic E-state index is 0.221. The predicted octanol–water partition coefficient (Wildman–Crippen LogP) is 5.24. The highest BCUT2D eigenvalue weighted by Crippen LogP contribution is 2.35. The second-order valence-electron chi connectivity index (χ2n) is 8.22. The van der Waals surface area contributed by atoms with Crippen LogP contribution in [-0.4, -0.2) is 41.7 Å². The number of fused-ring (bicyclic) bond motifs is 2. The quantitative estimate of drug-likeness (QED) is 0.298. The summed E-state index contributed by atoms with van der Waals surface area (Å²) in [5.41, 5.74) is 5.12. The van der Waals surface area contributed by atoms with E-state index in [1.54, 1.807) is 42.3 Å². The van der Waals surface area contributed by atoms with Gasteiger partial charge < -0.3 is 10.3 Å². The number of aromatic nitrogens is 7. The molecule has 6 heterocycles. The summed E-state index contributed by atoms with van der Waals surface area (Å²) in [5.74, 6) is -0.00909. The standard InChI is InChI=1S/C25H21FN8S/c1-3-27-7-14-6-15(9-28-8-14)22-21(26)20-17(12-30-22)33-34-24(20)25-31-18-11-29-10-16(23(18)32-25)19-5-4-13(2)35-19/h4-6,8-12,27H,3,7H2,1-2H3,(H,31,32)(H,33,34). The Hall–Kier alpha value is -4.02. The molecule has 0 bridgehead atoms. The molecule has 6 aromatic rings. The zero-order valence-corrected chi connectivity index (χ0v) is 19.9. The van der Waals surface area contributed by atoms with Crippen LogP contribution in [0.3, 0.4) is 0 Å². The fraction of sp³-hybridized carbons (Fsp3) is 0.160. The van der Waals surface area contributed by atoms with E-state index in [2.05, 4.69) is 54.5 Å². The van der Waals surface area contributed by atoms with Crippen LogP contribution < -0.4 is 5.32 Å². The van der Waals surface area contributed by atoms with Gasteiger partial charge in [0.05, 0.1) is 28.8 Å². The van der Waals surface area contributed by atoms with E-state index in [1.807, 2.05) is 13.0 Å². The molecular weight excluding hydrogens is 463 g/mol. The minimum Gasteiger partial charge on any atom is -0.335 e. The molecule has 0 fully saturated rings. The van der Waals surface area contributed by atoms with E-state index < -0.39 is 5.82 Å². The van der Waals surface area contributed by atoms with Gasteiger partial charge in [0.15, 0.2) is 11.6 Å². The molecule has 0 saturated heterocycles. The van der Waals surface area contributed by atoms with E-state index in [-0.39, 0.29) is 5.69 Å². The van der Waals surface area contributed by atoms with Crippen LogP contribution in [0.1, 0.15) is 17.4 Å². The van der Waals surface area contributed by atoms with Gasteiger partial charge in [-0.3, -0.25) is 20.1 Å². The topological polar surface area (TPSA) is 108 Å². The molecule has 8 nitrogen and oxygen atoms in total. The number of thiophene rings is 1. The van der Waals surface area contributed by atoms with Crippen molar-refractivity contribution in [3.05, 3.63) is 65.4 Å². The zero-order chi connectivity index (χ0) is 23.9. The summed E-state index contributed by atoms with van der Waals surface area (Å²) in [6.45, 7) is 5.58. The van der Waals surface area contributed by atoms with E-state index in [1.165, 1.54) is 4.88 Å². The van der Waals surface area contributed by atoms with Crippen molar-refractivity contribution in [2.24, 2.45) is 0 Å². The van der Waals surface area contributed by atoms with Crippen LogP contribution in [-0.2, 0) is 6.54 Å². The zero-order valence-electron chi connectivity index (χ0n) is 19.1. The number of rotatable bonds is 6. The van der Waals surface area contributed by atoms with Crippen LogP contribution in [0.4, 0.5) is 4.39 Å². The maximum absolute atomic E-state index is 15.9. The number of imidazole rings is 1. The van der Waals surface area contributed by atoms with Crippen molar-refractivity contribution >= 4 is 33.3 Å². The number of H-pyrrole nitrogens is 2. The van der Waals surface area contributed by atoms with Gasteiger partial charge in [0, 0.05) is 46.0 Å². The SMILES string of the molecule is CCNCc1cncc(-c2ncc3[nH]nc(-c4nc5c(-c6ccc(C)s6)cncc5[nH]4)c3c2F)c1. The van der Waals surface area contributed by atoms with Crippen molar-refractivity contribution in [2.45, 2.75) is 20.4 Å². The van der Waals surface area contributed by atoms with Crippen LogP contribution in [0.25, 0.3) is 55.2 Å². The molecule has 0 aliphatic rings. The Bertz CT molecular complexity index is 1680. The minimum atomic E-state index is -0.471. The van der Waals surface area contributed by atoms with Crippen LogP contribution >= 0.6 is 11.3 Å². The number of hydrogen-bond donors (Lipinski definition) is 3. The molecule has 0 aromatic carbocycles. The second-order valence-corrected chi connectivity index (χ2v) is 9.51. The van der Waals surface area contributed by atoms with Crippen molar-refractivity contribution in [1.82, 2.24) is 40.4 Å². The van der Waals surface area contributed by atoms with Crippen LogP contribution in [0.15, 0.2) is 49.2 Å². The smallest absolute Gasteiger partial charge is 0.161 e. The highest BCUT2D eigenvalue weighted by atomic mass is 32.1. The van der Waals surface area contributed by atoms with Crippen molar-refractivity contribution in [3.63, 3.8) is 0 Å². The van der Waals surface area contributed by atoms with E-state index in [9.17, 15) is 0 Å². The Balaban J connectivity index is 1.48. The number of aromatic amines is 2. The van der Waals surface area contributed by atoms with Gasteiger partial charge in [-0.1, -0.05) is 6.92 Å². The average molecular weight is 485 g/mol. The van der Waals surface area contributed by atoms with Gasteiger partial charge >= 0.3 is 0 Å². The molecule has 10 heteroatoms. The molecule has 0 amide bonds. The third kappa shape index (κ3) is 3.76. The number of nitrogens with one attached hydrogen (secondary N) is 3. The number of halogens is 1. The molecule has 0 spiro atoms. The molecular formula is C25H21FN8S. The summed E-state index contributed by atoms with van der Waals surface area (Å²) in [7, 11) is 0. The molecule has 6 aromatic heterocycles. The summed E-state index contributed by atoms with van der Waals surface area (Å²) in [6, 6.07) is 6.03. The molecule has 0 unspecified atom stereocenters. The van der Waals surface area contributed by atoms with E-state index >= 15 is 4.39 Å². The number of pyridine rings is 3. The Morgan fingerprint density at radius 3 is 2.74 bits per heavy atom. The lowest BCUT2D eigenvalue weighted by atomic mass is 10.1. The highest BCUT2D eigenvalue weighted by Gasteiger charge is 2.21. The molecule has 0 aliphatic heterocycles. The van der Waals surface area contributed by atoms with Crippen molar-refractivity contribution in [2.75, 3.05) is 6.54 Å². The van der Waals surface area contributed by atoms with E-state index in [0.717, 1.165) is 33.6 Å². The van der Waals surface area contributed by atoms with E-state index in [4.69, 9.17) is 4.98 Å². The summed E-state index contributed by atoms with van der Waals surface area (Å²) in [5, 5.41) is 10.9.